The highest BCUT2D eigenvalue weighted by Gasteiger charge is 2.00. The molecule has 0 unspecified atom stereocenters. The van der Waals surface area contributed by atoms with E-state index in [1.54, 1.807) is 0 Å². The molecule has 82 valence electrons. The molecule has 0 amide bonds. The van der Waals surface area contributed by atoms with Crippen molar-refractivity contribution in [3.8, 4) is 11.3 Å². The van der Waals surface area contributed by atoms with Gasteiger partial charge >= 0.3 is 0 Å². The van der Waals surface area contributed by atoms with E-state index in [1.165, 1.54) is 0 Å². The van der Waals surface area contributed by atoms with Crippen LogP contribution in [0.1, 0.15) is 5.69 Å². The highest BCUT2D eigenvalue weighted by Crippen LogP contribution is 2.19. The van der Waals surface area contributed by atoms with Gasteiger partial charge in [0.15, 0.2) is 0 Å². The largest absolute Gasteiger partial charge is 0.330 e. The van der Waals surface area contributed by atoms with Gasteiger partial charge in [0.25, 0.3) is 0 Å². The minimum absolute atomic E-state index is 0.603. The van der Waals surface area contributed by atoms with Crippen molar-refractivity contribution < 1.29 is 0 Å². The Labute approximate surface area is 103 Å². The molecule has 2 N–H and O–H groups in total. The summed E-state index contributed by atoms with van der Waals surface area (Å²) in [5.41, 5.74) is 8.33. The third-order valence-corrected chi connectivity index (χ3v) is 2.79. The first-order valence-corrected chi connectivity index (χ1v) is 5.87. The van der Waals surface area contributed by atoms with Crippen LogP contribution in [0.3, 0.4) is 0 Å². The molecule has 0 aliphatic rings. The van der Waals surface area contributed by atoms with Gasteiger partial charge in [0.2, 0.25) is 0 Å². The molecule has 0 radical (unpaired) electrons. The fraction of sp³-hybridized carbons (Fsp3) is 0.167. The molecular weight excluding hydrogens is 266 g/mol. The van der Waals surface area contributed by atoms with Crippen molar-refractivity contribution in [1.82, 2.24) is 10.2 Å². The molecule has 0 fully saturated rings. The predicted octanol–water partition coefficient (Wildman–Crippen LogP) is 2.41. The van der Waals surface area contributed by atoms with Crippen LogP contribution in [0, 0.1) is 0 Å². The average molecular weight is 278 g/mol. The van der Waals surface area contributed by atoms with Crippen LogP contribution in [0.25, 0.3) is 11.3 Å². The lowest BCUT2D eigenvalue weighted by Gasteiger charge is -2.01. The molecule has 1 heterocycles. The van der Waals surface area contributed by atoms with Crippen LogP contribution in [0.15, 0.2) is 40.9 Å². The summed E-state index contributed by atoms with van der Waals surface area (Å²) < 4.78 is 1.06. The van der Waals surface area contributed by atoms with Crippen molar-refractivity contribution in [2.75, 3.05) is 6.54 Å². The number of rotatable bonds is 3. The molecule has 2 rings (SSSR count). The maximum atomic E-state index is 5.45. The van der Waals surface area contributed by atoms with Crippen LogP contribution in [0.4, 0.5) is 0 Å². The predicted molar refractivity (Wildman–Crippen MR) is 67.9 cm³/mol. The van der Waals surface area contributed by atoms with Gasteiger partial charge in [0, 0.05) is 16.5 Å². The summed E-state index contributed by atoms with van der Waals surface area (Å²) in [6, 6.07) is 11.9. The summed E-state index contributed by atoms with van der Waals surface area (Å²) in [6.07, 6.45) is 0.771. The molecule has 2 aromatic rings. The van der Waals surface area contributed by atoms with Crippen molar-refractivity contribution in [2.45, 2.75) is 6.42 Å². The van der Waals surface area contributed by atoms with Crippen LogP contribution in [-0.2, 0) is 6.42 Å². The monoisotopic (exact) mass is 277 g/mol. The van der Waals surface area contributed by atoms with Gasteiger partial charge in [-0.1, -0.05) is 28.1 Å². The van der Waals surface area contributed by atoms with E-state index in [1.807, 2.05) is 36.4 Å². The van der Waals surface area contributed by atoms with E-state index < -0.39 is 0 Å². The highest BCUT2D eigenvalue weighted by atomic mass is 79.9. The quantitative estimate of drug-likeness (QED) is 0.938. The van der Waals surface area contributed by atoms with Gasteiger partial charge in [-0.2, -0.15) is 10.2 Å². The number of aromatic nitrogens is 2. The van der Waals surface area contributed by atoms with Gasteiger partial charge in [-0.3, -0.25) is 0 Å². The Kier molecular flexibility index (Phi) is 3.64. The molecule has 1 aromatic heterocycles. The smallest absolute Gasteiger partial charge is 0.0929 e. The molecule has 0 saturated heterocycles. The zero-order valence-electron chi connectivity index (χ0n) is 8.73. The number of hydrogen-bond donors (Lipinski definition) is 1. The van der Waals surface area contributed by atoms with Gasteiger partial charge in [-0.05, 0) is 30.8 Å². The standard InChI is InChI=1S/C12H12BrN3/c13-10-3-1-9(2-4-10)12-6-5-11(7-8-14)15-16-12/h1-6H,7-8,14H2. The second-order valence-corrected chi connectivity index (χ2v) is 4.37. The summed E-state index contributed by atoms with van der Waals surface area (Å²) >= 11 is 3.40. The van der Waals surface area contributed by atoms with E-state index in [2.05, 4.69) is 26.1 Å². The lowest BCUT2D eigenvalue weighted by molar-refractivity contribution is 0.869. The Bertz CT molecular complexity index is 451. The Hall–Kier alpha value is -1.26. The van der Waals surface area contributed by atoms with Gasteiger partial charge in [-0.15, -0.1) is 0 Å². The maximum Gasteiger partial charge on any atom is 0.0929 e. The van der Waals surface area contributed by atoms with Crippen molar-refractivity contribution in [3.05, 3.63) is 46.6 Å². The molecule has 0 aliphatic heterocycles. The van der Waals surface area contributed by atoms with Crippen LogP contribution in [-0.4, -0.2) is 16.7 Å². The second kappa shape index (κ2) is 5.18. The molecule has 0 spiro atoms. The Morgan fingerprint density at radius 2 is 1.75 bits per heavy atom. The van der Waals surface area contributed by atoms with Crippen molar-refractivity contribution >= 4 is 15.9 Å². The van der Waals surface area contributed by atoms with E-state index in [0.29, 0.717) is 6.54 Å². The van der Waals surface area contributed by atoms with E-state index in [0.717, 1.165) is 27.8 Å². The van der Waals surface area contributed by atoms with Gasteiger partial charge in [-0.25, -0.2) is 0 Å². The topological polar surface area (TPSA) is 51.8 Å². The third kappa shape index (κ3) is 2.65. The Balaban J connectivity index is 2.24. The minimum Gasteiger partial charge on any atom is -0.330 e. The number of nitrogens with two attached hydrogens (primary N) is 1. The van der Waals surface area contributed by atoms with Crippen LogP contribution >= 0.6 is 15.9 Å². The molecule has 0 atom stereocenters. The zero-order chi connectivity index (χ0) is 11.4. The highest BCUT2D eigenvalue weighted by molar-refractivity contribution is 9.10. The van der Waals surface area contributed by atoms with Crippen molar-refractivity contribution in [1.29, 1.82) is 0 Å². The lowest BCUT2D eigenvalue weighted by Crippen LogP contribution is -2.05. The normalized spacial score (nSPS) is 10.4. The molecule has 1 aromatic carbocycles. The van der Waals surface area contributed by atoms with Gasteiger partial charge in [0.1, 0.15) is 0 Å². The summed E-state index contributed by atoms with van der Waals surface area (Å²) in [5.74, 6) is 0. The van der Waals surface area contributed by atoms with E-state index in [-0.39, 0.29) is 0 Å². The second-order valence-electron chi connectivity index (χ2n) is 3.46. The molecule has 16 heavy (non-hydrogen) atoms. The first kappa shape index (κ1) is 11.2. The van der Waals surface area contributed by atoms with Gasteiger partial charge in [0.05, 0.1) is 11.4 Å². The number of benzene rings is 1. The Morgan fingerprint density at radius 3 is 2.31 bits per heavy atom. The number of halogens is 1. The lowest BCUT2D eigenvalue weighted by atomic mass is 10.1. The number of hydrogen-bond acceptors (Lipinski definition) is 3. The Morgan fingerprint density at radius 1 is 1.00 bits per heavy atom. The molecule has 0 bridgehead atoms. The fourth-order valence-corrected chi connectivity index (χ4v) is 1.68. The number of nitrogens with zero attached hydrogens (tertiary/aromatic N) is 2. The fourth-order valence-electron chi connectivity index (χ4n) is 1.42. The molecule has 0 aliphatic carbocycles. The minimum atomic E-state index is 0.603. The van der Waals surface area contributed by atoms with Crippen LogP contribution in [0.5, 0.6) is 0 Å². The van der Waals surface area contributed by atoms with Crippen LogP contribution in [0.2, 0.25) is 0 Å². The van der Waals surface area contributed by atoms with Gasteiger partial charge < -0.3 is 5.73 Å². The maximum absolute atomic E-state index is 5.45. The van der Waals surface area contributed by atoms with Crippen LogP contribution < -0.4 is 5.73 Å². The van der Waals surface area contributed by atoms with Crippen molar-refractivity contribution in [3.63, 3.8) is 0 Å². The summed E-state index contributed by atoms with van der Waals surface area (Å²) in [5, 5.41) is 8.30. The van der Waals surface area contributed by atoms with E-state index in [9.17, 15) is 0 Å². The third-order valence-electron chi connectivity index (χ3n) is 2.26. The molecular formula is C12H12BrN3. The SMILES string of the molecule is NCCc1ccc(-c2ccc(Br)cc2)nn1. The summed E-state index contributed by atoms with van der Waals surface area (Å²) in [6.45, 7) is 0.603. The first-order chi connectivity index (χ1) is 7.79. The molecule has 0 saturated carbocycles. The summed E-state index contributed by atoms with van der Waals surface area (Å²) in [4.78, 5) is 0. The average Bonchev–Trinajstić information content (AvgIpc) is 2.32. The van der Waals surface area contributed by atoms with E-state index >= 15 is 0 Å². The zero-order valence-corrected chi connectivity index (χ0v) is 10.3. The molecule has 3 nitrogen and oxygen atoms in total. The van der Waals surface area contributed by atoms with Crippen molar-refractivity contribution in [2.24, 2.45) is 5.73 Å². The first-order valence-electron chi connectivity index (χ1n) is 5.08. The summed E-state index contributed by atoms with van der Waals surface area (Å²) in [7, 11) is 0. The molecule has 4 heteroatoms. The van der Waals surface area contributed by atoms with E-state index in [4.69, 9.17) is 5.73 Å².